The number of nitrogens with two attached hydrogens (primary N) is 1. The smallest absolute Gasteiger partial charge is 0.236 e. The highest BCUT2D eigenvalue weighted by Crippen LogP contribution is 2.18. The third-order valence-corrected chi connectivity index (χ3v) is 3.60. The summed E-state index contributed by atoms with van der Waals surface area (Å²) in [6.07, 6.45) is 2.74. The van der Waals surface area contributed by atoms with Crippen LogP contribution in [-0.4, -0.2) is 28.0 Å². The first-order chi connectivity index (χ1) is 9.52. The molecule has 0 bridgehead atoms. The number of carbonyl (C=O) groups excluding carboxylic acids is 1. The van der Waals surface area contributed by atoms with Crippen LogP contribution in [0.25, 0.3) is 11.0 Å². The number of carbonyl (C=O) groups is 1. The number of rotatable bonds is 6. The highest BCUT2D eigenvalue weighted by Gasteiger charge is 2.16. The summed E-state index contributed by atoms with van der Waals surface area (Å²) in [7, 11) is 0. The maximum Gasteiger partial charge on any atom is 0.236 e. The van der Waals surface area contributed by atoms with E-state index in [4.69, 9.17) is 5.73 Å². The highest BCUT2D eigenvalue weighted by atomic mass is 16.1. The highest BCUT2D eigenvalue weighted by molar-refractivity contribution is 5.81. The van der Waals surface area contributed by atoms with E-state index in [1.807, 2.05) is 4.57 Å². The first-order valence-electron chi connectivity index (χ1n) is 6.97. The molecule has 0 spiro atoms. The summed E-state index contributed by atoms with van der Waals surface area (Å²) in [4.78, 5) is 15.9. The first-order valence-corrected chi connectivity index (χ1v) is 6.97. The number of aryl methyl sites for hydroxylation is 2. The Bertz CT molecular complexity index is 618. The van der Waals surface area contributed by atoms with Crippen LogP contribution in [-0.2, 0) is 11.3 Å². The minimum Gasteiger partial charge on any atom is -0.368 e. The largest absolute Gasteiger partial charge is 0.368 e. The van der Waals surface area contributed by atoms with Crippen molar-refractivity contribution in [2.45, 2.75) is 39.8 Å². The molecule has 0 aliphatic carbocycles. The number of hydrogen-bond acceptors (Lipinski definition) is 3. The Balaban J connectivity index is 2.28. The lowest BCUT2D eigenvalue weighted by Gasteiger charge is -2.16. The molecule has 0 saturated heterocycles. The van der Waals surface area contributed by atoms with E-state index in [-0.39, 0.29) is 11.9 Å². The van der Waals surface area contributed by atoms with Crippen LogP contribution in [0.5, 0.6) is 0 Å². The fourth-order valence-electron chi connectivity index (χ4n) is 2.23. The number of imidazole rings is 1. The number of benzene rings is 1. The second-order valence-corrected chi connectivity index (χ2v) is 5.23. The molecule has 0 radical (unpaired) electrons. The van der Waals surface area contributed by atoms with Gasteiger partial charge in [-0.3, -0.25) is 4.79 Å². The molecule has 1 heterocycles. The summed E-state index contributed by atoms with van der Waals surface area (Å²) in [6, 6.07) is 3.81. The number of hydrogen-bond donors (Lipinski definition) is 2. The number of aromatic nitrogens is 2. The predicted molar refractivity (Wildman–Crippen MR) is 80.5 cm³/mol. The lowest BCUT2D eigenvalue weighted by molar-refractivity contribution is -0.120. The van der Waals surface area contributed by atoms with Crippen LogP contribution >= 0.6 is 0 Å². The average Bonchev–Trinajstić information content (AvgIpc) is 2.77. The molecule has 1 atom stereocenters. The zero-order valence-electron chi connectivity index (χ0n) is 12.3. The fourth-order valence-corrected chi connectivity index (χ4v) is 2.23. The zero-order valence-corrected chi connectivity index (χ0v) is 12.3. The van der Waals surface area contributed by atoms with Gasteiger partial charge in [0.05, 0.1) is 17.4 Å². The van der Waals surface area contributed by atoms with Gasteiger partial charge < -0.3 is 15.6 Å². The molecular formula is C15H22N4O. The van der Waals surface area contributed by atoms with Crippen LogP contribution in [0.1, 0.15) is 24.5 Å². The molecular weight excluding hydrogens is 252 g/mol. The molecule has 20 heavy (non-hydrogen) atoms. The standard InChI is InChI=1S/C15H22N4O/c1-4-5-17-13(15(16)20)8-19-9-18-12-6-10(2)11(3)7-14(12)19/h6-7,9,13,17H,4-5,8H2,1-3H3,(H2,16,20). The number of nitrogens with one attached hydrogen (secondary N) is 1. The fraction of sp³-hybridized carbons (Fsp3) is 0.467. The Labute approximate surface area is 119 Å². The third kappa shape index (κ3) is 2.99. The van der Waals surface area contributed by atoms with Crippen molar-refractivity contribution in [3.63, 3.8) is 0 Å². The summed E-state index contributed by atoms with van der Waals surface area (Å²) in [6.45, 7) is 7.49. The zero-order chi connectivity index (χ0) is 14.7. The Morgan fingerprint density at radius 1 is 1.40 bits per heavy atom. The maximum absolute atomic E-state index is 11.5. The van der Waals surface area contributed by atoms with E-state index in [2.05, 4.69) is 43.2 Å². The van der Waals surface area contributed by atoms with Gasteiger partial charge in [-0.25, -0.2) is 4.98 Å². The van der Waals surface area contributed by atoms with E-state index in [0.717, 1.165) is 24.0 Å². The second kappa shape index (κ2) is 6.05. The molecule has 3 N–H and O–H groups in total. The van der Waals surface area contributed by atoms with E-state index in [1.54, 1.807) is 6.33 Å². The third-order valence-electron chi connectivity index (χ3n) is 3.60. The van der Waals surface area contributed by atoms with E-state index in [1.165, 1.54) is 11.1 Å². The average molecular weight is 274 g/mol. The summed E-state index contributed by atoms with van der Waals surface area (Å²) >= 11 is 0. The minimum absolute atomic E-state index is 0.330. The molecule has 2 rings (SSSR count). The molecule has 0 aliphatic rings. The molecule has 1 amide bonds. The quantitative estimate of drug-likeness (QED) is 0.838. The van der Waals surface area contributed by atoms with E-state index in [0.29, 0.717) is 6.54 Å². The number of nitrogens with zero attached hydrogens (tertiary/aromatic N) is 2. The molecule has 0 saturated carbocycles. The lowest BCUT2D eigenvalue weighted by atomic mass is 10.1. The first kappa shape index (κ1) is 14.5. The van der Waals surface area contributed by atoms with Crippen molar-refractivity contribution in [1.29, 1.82) is 0 Å². The molecule has 1 unspecified atom stereocenters. The van der Waals surface area contributed by atoms with Crippen LogP contribution in [0.15, 0.2) is 18.5 Å². The van der Waals surface area contributed by atoms with Crippen molar-refractivity contribution in [2.24, 2.45) is 5.73 Å². The summed E-state index contributed by atoms with van der Waals surface area (Å²) in [5.74, 6) is -0.330. The maximum atomic E-state index is 11.5. The monoisotopic (exact) mass is 274 g/mol. The Morgan fingerprint density at radius 3 is 2.75 bits per heavy atom. The Hall–Kier alpha value is -1.88. The topological polar surface area (TPSA) is 72.9 Å². The molecule has 0 fully saturated rings. The predicted octanol–water partition coefficient (Wildman–Crippen LogP) is 1.51. The summed E-state index contributed by atoms with van der Waals surface area (Å²) in [5.41, 5.74) is 9.89. The van der Waals surface area contributed by atoms with Gasteiger partial charge in [0.15, 0.2) is 0 Å². The van der Waals surface area contributed by atoms with Crippen LogP contribution in [0, 0.1) is 13.8 Å². The van der Waals surface area contributed by atoms with Crippen molar-refractivity contribution in [2.75, 3.05) is 6.54 Å². The number of amides is 1. The van der Waals surface area contributed by atoms with Crippen molar-refractivity contribution < 1.29 is 4.79 Å². The minimum atomic E-state index is -0.367. The van der Waals surface area contributed by atoms with Crippen molar-refractivity contribution >= 4 is 16.9 Å². The molecule has 5 nitrogen and oxygen atoms in total. The van der Waals surface area contributed by atoms with Gasteiger partial charge in [0.1, 0.15) is 6.04 Å². The Morgan fingerprint density at radius 2 is 2.10 bits per heavy atom. The van der Waals surface area contributed by atoms with E-state index < -0.39 is 0 Å². The molecule has 108 valence electrons. The van der Waals surface area contributed by atoms with Crippen LogP contribution in [0.2, 0.25) is 0 Å². The Kier molecular flexibility index (Phi) is 4.39. The molecule has 2 aromatic rings. The number of primary amides is 1. The van der Waals surface area contributed by atoms with Gasteiger partial charge in [0.2, 0.25) is 5.91 Å². The van der Waals surface area contributed by atoms with Gasteiger partial charge in [-0.15, -0.1) is 0 Å². The van der Waals surface area contributed by atoms with E-state index in [9.17, 15) is 4.79 Å². The van der Waals surface area contributed by atoms with Crippen molar-refractivity contribution in [3.8, 4) is 0 Å². The van der Waals surface area contributed by atoms with E-state index >= 15 is 0 Å². The number of fused-ring (bicyclic) bond motifs is 1. The summed E-state index contributed by atoms with van der Waals surface area (Å²) < 4.78 is 1.99. The van der Waals surface area contributed by atoms with Gasteiger partial charge in [0, 0.05) is 6.54 Å². The molecule has 1 aromatic carbocycles. The van der Waals surface area contributed by atoms with Gasteiger partial charge in [-0.1, -0.05) is 6.92 Å². The summed E-state index contributed by atoms with van der Waals surface area (Å²) in [5, 5.41) is 3.17. The molecule has 5 heteroatoms. The van der Waals surface area contributed by atoms with Gasteiger partial charge in [-0.05, 0) is 50.1 Å². The van der Waals surface area contributed by atoms with Gasteiger partial charge >= 0.3 is 0 Å². The normalized spacial score (nSPS) is 12.8. The molecule has 0 aliphatic heterocycles. The van der Waals surface area contributed by atoms with Gasteiger partial charge in [-0.2, -0.15) is 0 Å². The second-order valence-electron chi connectivity index (χ2n) is 5.23. The van der Waals surface area contributed by atoms with Crippen molar-refractivity contribution in [3.05, 3.63) is 29.6 Å². The van der Waals surface area contributed by atoms with Crippen LogP contribution < -0.4 is 11.1 Å². The van der Waals surface area contributed by atoms with Crippen LogP contribution in [0.3, 0.4) is 0 Å². The lowest BCUT2D eigenvalue weighted by Crippen LogP contribution is -2.44. The SMILES string of the molecule is CCCNC(Cn1cnc2cc(C)c(C)cc21)C(N)=O. The van der Waals surface area contributed by atoms with Crippen LogP contribution in [0.4, 0.5) is 0 Å². The van der Waals surface area contributed by atoms with Crippen molar-refractivity contribution in [1.82, 2.24) is 14.9 Å². The molecule has 1 aromatic heterocycles. The van der Waals surface area contributed by atoms with Gasteiger partial charge in [0.25, 0.3) is 0 Å².